The van der Waals surface area contributed by atoms with Crippen LogP contribution in [0.1, 0.15) is 5.56 Å². The Bertz CT molecular complexity index is 577. The van der Waals surface area contributed by atoms with E-state index >= 15 is 0 Å². The van der Waals surface area contributed by atoms with Gasteiger partial charge in [-0.15, -0.1) is 0 Å². The first-order chi connectivity index (χ1) is 8.72. The predicted octanol–water partition coefficient (Wildman–Crippen LogP) is 2.75. The van der Waals surface area contributed by atoms with Crippen molar-refractivity contribution in [2.24, 2.45) is 5.18 Å². The fraction of sp³-hybridized carbons (Fsp3) is 0. The molecule has 2 aromatic rings. The number of benzene rings is 2. The number of nitroso groups, excluding NO2 is 1. The largest absolute Gasteiger partial charge is 0.710 e. The number of phenols is 1. The summed E-state index contributed by atoms with van der Waals surface area (Å²) in [6.07, 6.45) is 0. The number of hydrogen-bond donors (Lipinski definition) is 1. The van der Waals surface area contributed by atoms with Crippen LogP contribution in [0.3, 0.4) is 0 Å². The highest BCUT2D eigenvalue weighted by atomic mass is 16.5. The maximum Gasteiger partial charge on any atom is 0.385 e. The maximum absolute atomic E-state index is 12.0. The van der Waals surface area contributed by atoms with Gasteiger partial charge in [-0.3, -0.25) is 0 Å². The minimum atomic E-state index is -0.221. The average Bonchev–Trinajstić information content (AvgIpc) is 2.41. The molecule has 0 fully saturated rings. The van der Waals surface area contributed by atoms with Crippen LogP contribution in [0.5, 0.6) is 5.75 Å². The van der Waals surface area contributed by atoms with E-state index in [0.717, 1.165) is 0 Å². The molecule has 1 N–H and O–H groups in total. The lowest BCUT2D eigenvalue weighted by molar-refractivity contribution is -0.361. The van der Waals surface area contributed by atoms with Gasteiger partial charge in [-0.2, -0.15) is 0 Å². The minimum absolute atomic E-state index is 0.0486. The van der Waals surface area contributed by atoms with Gasteiger partial charge in [0.15, 0.2) is 0 Å². The molecular formula is C13H10N2O3. The summed E-state index contributed by atoms with van der Waals surface area (Å²) in [5.74, 6) is -0.172. The molecule has 5 heteroatoms. The molecule has 0 heterocycles. The summed E-state index contributed by atoms with van der Waals surface area (Å²) in [7, 11) is 0. The van der Waals surface area contributed by atoms with E-state index in [4.69, 9.17) is 5.11 Å². The van der Waals surface area contributed by atoms with Crippen LogP contribution >= 0.6 is 0 Å². The maximum atomic E-state index is 12.0. The average molecular weight is 242 g/mol. The van der Waals surface area contributed by atoms with Gasteiger partial charge < -0.3 is 10.3 Å². The Morgan fingerprint density at radius 3 is 2.22 bits per heavy atom. The molecule has 0 saturated carbocycles. The second-order valence-electron chi connectivity index (χ2n) is 3.59. The fourth-order valence-electron chi connectivity index (χ4n) is 1.50. The first-order valence-electron chi connectivity index (χ1n) is 5.24. The third-order valence-electron chi connectivity index (χ3n) is 2.40. The number of aromatic hydroxyl groups is 1. The van der Waals surface area contributed by atoms with Crippen LogP contribution in [-0.4, -0.2) is 15.7 Å². The second kappa shape index (κ2) is 5.09. The zero-order valence-corrected chi connectivity index (χ0v) is 9.35. The van der Waals surface area contributed by atoms with E-state index in [-0.39, 0.29) is 17.3 Å². The molecule has 0 radical (unpaired) electrons. The number of amidine groups is 1. The van der Waals surface area contributed by atoms with E-state index in [1.165, 1.54) is 24.3 Å². The van der Waals surface area contributed by atoms with E-state index in [0.29, 0.717) is 10.3 Å². The van der Waals surface area contributed by atoms with E-state index in [1.54, 1.807) is 30.3 Å². The van der Waals surface area contributed by atoms with Crippen LogP contribution < -0.4 is 0 Å². The molecule has 0 amide bonds. The van der Waals surface area contributed by atoms with Crippen LogP contribution in [0.25, 0.3) is 0 Å². The van der Waals surface area contributed by atoms with Gasteiger partial charge in [0.2, 0.25) is 5.18 Å². The highest BCUT2D eigenvalue weighted by molar-refractivity contribution is 5.96. The lowest BCUT2D eigenvalue weighted by Crippen LogP contribution is -2.10. The zero-order chi connectivity index (χ0) is 13.0. The highest BCUT2D eigenvalue weighted by Gasteiger charge is 2.15. The molecule has 2 aromatic carbocycles. The SMILES string of the molecule is O=N/C(c1ccccc1)=[N+](/[O-])c1ccc(O)cc1. The Morgan fingerprint density at radius 1 is 1.06 bits per heavy atom. The molecule has 0 spiro atoms. The molecule has 0 unspecified atom stereocenters. The molecule has 2 rings (SSSR count). The number of nitrogens with zero attached hydrogens (tertiary/aromatic N) is 2. The van der Waals surface area contributed by atoms with Crippen molar-refractivity contribution in [1.82, 2.24) is 0 Å². The molecule has 0 bridgehead atoms. The first kappa shape index (κ1) is 11.8. The van der Waals surface area contributed by atoms with E-state index in [9.17, 15) is 10.1 Å². The van der Waals surface area contributed by atoms with Gasteiger partial charge in [-0.25, -0.2) is 4.74 Å². The van der Waals surface area contributed by atoms with Crippen LogP contribution in [0.2, 0.25) is 0 Å². The summed E-state index contributed by atoms with van der Waals surface area (Å²) in [5.41, 5.74) is 0.668. The van der Waals surface area contributed by atoms with Crippen molar-refractivity contribution in [3.05, 3.63) is 70.3 Å². The third-order valence-corrected chi connectivity index (χ3v) is 2.40. The van der Waals surface area contributed by atoms with Crippen molar-refractivity contribution in [2.45, 2.75) is 0 Å². The topological polar surface area (TPSA) is 75.7 Å². The molecule has 0 saturated heterocycles. The summed E-state index contributed by atoms with van der Waals surface area (Å²) in [6, 6.07) is 14.0. The highest BCUT2D eigenvalue weighted by Crippen LogP contribution is 2.17. The zero-order valence-electron chi connectivity index (χ0n) is 9.35. The van der Waals surface area contributed by atoms with E-state index in [2.05, 4.69) is 5.18 Å². The predicted molar refractivity (Wildman–Crippen MR) is 67.7 cm³/mol. The van der Waals surface area contributed by atoms with Gasteiger partial charge in [0.1, 0.15) is 11.4 Å². The Hall–Kier alpha value is -2.69. The Kier molecular flexibility index (Phi) is 3.33. The molecule has 5 nitrogen and oxygen atoms in total. The van der Waals surface area contributed by atoms with Gasteiger partial charge in [0, 0.05) is 0 Å². The summed E-state index contributed by atoms with van der Waals surface area (Å²) in [5, 5.41) is 23.9. The molecular weight excluding hydrogens is 232 g/mol. The van der Waals surface area contributed by atoms with Crippen LogP contribution in [0.4, 0.5) is 5.69 Å². The molecule has 90 valence electrons. The number of phenolic OH excluding ortho intramolecular Hbond substituents is 1. The molecule has 0 aliphatic carbocycles. The fourth-order valence-corrected chi connectivity index (χ4v) is 1.50. The summed E-state index contributed by atoms with van der Waals surface area (Å²) >= 11 is 0. The molecule has 0 atom stereocenters. The standard InChI is InChI=1S/C13H10N2O3/c16-12-8-6-11(7-9-12)15(18)13(14-17)10-4-2-1-3-5-10/h1-9,16H/b15-13+. The lowest BCUT2D eigenvalue weighted by Gasteiger charge is -2.09. The van der Waals surface area contributed by atoms with Crippen LogP contribution in [0, 0.1) is 10.1 Å². The van der Waals surface area contributed by atoms with Crippen molar-refractivity contribution < 1.29 is 9.85 Å². The van der Waals surface area contributed by atoms with Crippen LogP contribution in [-0.2, 0) is 0 Å². The summed E-state index contributed by atoms with van der Waals surface area (Å²) in [4.78, 5) is 10.8. The van der Waals surface area contributed by atoms with Gasteiger partial charge >= 0.3 is 5.84 Å². The van der Waals surface area contributed by atoms with Gasteiger partial charge in [-0.05, 0) is 41.3 Å². The van der Waals surface area contributed by atoms with Crippen molar-refractivity contribution in [1.29, 1.82) is 0 Å². The van der Waals surface area contributed by atoms with Gasteiger partial charge in [-0.1, -0.05) is 18.2 Å². The van der Waals surface area contributed by atoms with Gasteiger partial charge in [0.05, 0.1) is 5.56 Å². The van der Waals surface area contributed by atoms with Crippen molar-refractivity contribution >= 4 is 11.5 Å². The quantitative estimate of drug-likeness (QED) is 0.220. The van der Waals surface area contributed by atoms with Crippen LogP contribution in [0.15, 0.2) is 59.8 Å². The molecule has 18 heavy (non-hydrogen) atoms. The Morgan fingerprint density at radius 2 is 1.67 bits per heavy atom. The monoisotopic (exact) mass is 242 g/mol. The Balaban J connectivity index is 2.50. The van der Waals surface area contributed by atoms with Crippen molar-refractivity contribution in [3.8, 4) is 5.75 Å². The number of hydrogen-bond acceptors (Lipinski definition) is 3. The molecule has 0 aliphatic heterocycles. The smallest absolute Gasteiger partial charge is 0.385 e. The van der Waals surface area contributed by atoms with Gasteiger partial charge in [0.25, 0.3) is 0 Å². The first-order valence-corrected chi connectivity index (χ1v) is 5.24. The van der Waals surface area contributed by atoms with Crippen molar-refractivity contribution in [2.75, 3.05) is 0 Å². The normalized spacial score (nSPS) is 11.8. The molecule has 0 aromatic heterocycles. The third kappa shape index (κ3) is 2.35. The van der Waals surface area contributed by atoms with E-state index < -0.39 is 0 Å². The molecule has 0 aliphatic rings. The summed E-state index contributed by atoms with van der Waals surface area (Å²) < 4.78 is 0.432. The summed E-state index contributed by atoms with van der Waals surface area (Å²) in [6.45, 7) is 0. The minimum Gasteiger partial charge on any atom is -0.710 e. The van der Waals surface area contributed by atoms with Crippen molar-refractivity contribution in [3.63, 3.8) is 0 Å². The lowest BCUT2D eigenvalue weighted by atomic mass is 10.2. The second-order valence-corrected chi connectivity index (χ2v) is 3.59. The Labute approximate surface area is 103 Å². The van der Waals surface area contributed by atoms with E-state index in [1.807, 2.05) is 0 Å². The number of rotatable bonds is 2.